The number of carbonyl (C=O) groups is 1. The zero-order valence-corrected chi connectivity index (χ0v) is 10.8. The van der Waals surface area contributed by atoms with Crippen molar-refractivity contribution in [1.29, 1.82) is 0 Å². The summed E-state index contributed by atoms with van der Waals surface area (Å²) in [4.78, 5) is 12.0. The topological polar surface area (TPSA) is 49.3 Å². The van der Waals surface area contributed by atoms with Crippen LogP contribution in [0.3, 0.4) is 0 Å². The number of hydrogen-bond donors (Lipinski definition) is 2. The number of halogens is 2. The monoisotopic (exact) mass is 279 g/mol. The summed E-state index contributed by atoms with van der Waals surface area (Å²) >= 11 is 5.99. The van der Waals surface area contributed by atoms with Crippen molar-refractivity contribution in [1.82, 2.24) is 0 Å². The maximum Gasteiger partial charge on any atom is 0.259 e. The van der Waals surface area contributed by atoms with Crippen LogP contribution >= 0.6 is 11.6 Å². The van der Waals surface area contributed by atoms with Crippen LogP contribution in [0, 0.1) is 12.7 Å². The van der Waals surface area contributed by atoms with E-state index in [0.717, 1.165) is 17.7 Å². The maximum absolute atomic E-state index is 12.9. The molecule has 3 nitrogen and oxygen atoms in total. The van der Waals surface area contributed by atoms with Crippen LogP contribution in [0.25, 0.3) is 0 Å². The van der Waals surface area contributed by atoms with Crippen LogP contribution < -0.4 is 5.32 Å². The molecule has 19 heavy (non-hydrogen) atoms. The number of para-hydroxylation sites is 1. The molecule has 0 spiro atoms. The largest absolute Gasteiger partial charge is 0.507 e. The first-order chi connectivity index (χ1) is 8.99. The van der Waals surface area contributed by atoms with Gasteiger partial charge in [0.15, 0.2) is 0 Å². The van der Waals surface area contributed by atoms with E-state index < -0.39 is 17.5 Å². The lowest BCUT2D eigenvalue weighted by Crippen LogP contribution is -2.13. The van der Waals surface area contributed by atoms with E-state index in [0.29, 0.717) is 10.7 Å². The smallest absolute Gasteiger partial charge is 0.259 e. The van der Waals surface area contributed by atoms with E-state index in [2.05, 4.69) is 5.32 Å². The summed E-state index contributed by atoms with van der Waals surface area (Å²) in [6, 6.07) is 8.41. The number of carbonyl (C=O) groups excluding carboxylic acids is 1. The molecule has 0 fully saturated rings. The molecule has 98 valence electrons. The summed E-state index contributed by atoms with van der Waals surface area (Å²) in [7, 11) is 0. The Balaban J connectivity index is 2.31. The number of benzene rings is 2. The highest BCUT2D eigenvalue weighted by Crippen LogP contribution is 2.27. The number of anilines is 1. The highest BCUT2D eigenvalue weighted by Gasteiger charge is 2.14. The minimum atomic E-state index is -0.608. The number of phenols is 1. The van der Waals surface area contributed by atoms with Crippen molar-refractivity contribution >= 4 is 23.2 Å². The lowest BCUT2D eigenvalue weighted by Gasteiger charge is -2.11. The van der Waals surface area contributed by atoms with Crippen molar-refractivity contribution in [3.63, 3.8) is 0 Å². The van der Waals surface area contributed by atoms with Crippen LogP contribution in [0.5, 0.6) is 5.75 Å². The van der Waals surface area contributed by atoms with Crippen molar-refractivity contribution < 1.29 is 14.3 Å². The Labute approximate surface area is 114 Å². The molecule has 0 radical (unpaired) electrons. The van der Waals surface area contributed by atoms with Gasteiger partial charge in [0.25, 0.3) is 5.91 Å². The molecule has 2 rings (SSSR count). The lowest BCUT2D eigenvalue weighted by atomic mass is 10.1. The van der Waals surface area contributed by atoms with Gasteiger partial charge in [-0.3, -0.25) is 4.79 Å². The average Bonchev–Trinajstić information content (AvgIpc) is 2.33. The van der Waals surface area contributed by atoms with Crippen LogP contribution in [-0.2, 0) is 0 Å². The van der Waals surface area contributed by atoms with Gasteiger partial charge in [-0.15, -0.1) is 0 Å². The van der Waals surface area contributed by atoms with Gasteiger partial charge >= 0.3 is 0 Å². The number of amides is 1. The molecule has 0 aliphatic carbocycles. The maximum atomic E-state index is 12.9. The molecule has 0 saturated carbocycles. The Morgan fingerprint density at radius 3 is 2.68 bits per heavy atom. The third kappa shape index (κ3) is 2.85. The number of rotatable bonds is 2. The second-order valence-corrected chi connectivity index (χ2v) is 4.45. The normalized spacial score (nSPS) is 10.3. The fraction of sp³-hybridized carbons (Fsp3) is 0.0714. The standard InChI is InChI=1S/C14H11ClFNO2/c1-8-3-2-4-11(15)13(8)17-14(19)10-6-5-9(16)7-12(10)18/h2-7,18H,1H3,(H,17,19). The van der Waals surface area contributed by atoms with Gasteiger partial charge in [0.05, 0.1) is 16.3 Å². The van der Waals surface area contributed by atoms with Gasteiger partial charge in [-0.2, -0.15) is 0 Å². The first-order valence-corrected chi connectivity index (χ1v) is 5.92. The molecule has 0 aliphatic heterocycles. The Kier molecular flexibility index (Phi) is 3.71. The van der Waals surface area contributed by atoms with Gasteiger partial charge in [0, 0.05) is 6.07 Å². The summed E-state index contributed by atoms with van der Waals surface area (Å²) in [5.74, 6) is -1.57. The first kappa shape index (κ1) is 13.4. The minimum Gasteiger partial charge on any atom is -0.507 e. The SMILES string of the molecule is Cc1cccc(Cl)c1NC(=O)c1ccc(F)cc1O. The second kappa shape index (κ2) is 5.28. The third-order valence-electron chi connectivity index (χ3n) is 2.66. The van der Waals surface area contributed by atoms with E-state index in [9.17, 15) is 14.3 Å². The fourth-order valence-electron chi connectivity index (χ4n) is 1.67. The molecule has 0 aromatic heterocycles. The first-order valence-electron chi connectivity index (χ1n) is 5.54. The molecule has 0 heterocycles. The van der Waals surface area contributed by atoms with Crippen LogP contribution in [-0.4, -0.2) is 11.0 Å². The van der Waals surface area contributed by atoms with E-state index >= 15 is 0 Å². The molecule has 0 atom stereocenters. The molecule has 2 aromatic carbocycles. The number of aromatic hydroxyl groups is 1. The van der Waals surface area contributed by atoms with Crippen molar-refractivity contribution in [2.75, 3.05) is 5.32 Å². The van der Waals surface area contributed by atoms with E-state index in [1.807, 2.05) is 0 Å². The highest BCUT2D eigenvalue weighted by atomic mass is 35.5. The Morgan fingerprint density at radius 1 is 1.32 bits per heavy atom. The van der Waals surface area contributed by atoms with E-state index in [1.54, 1.807) is 25.1 Å². The average molecular weight is 280 g/mol. The van der Waals surface area contributed by atoms with Gasteiger partial charge in [0.1, 0.15) is 11.6 Å². The minimum absolute atomic E-state index is 0.0132. The fourth-order valence-corrected chi connectivity index (χ4v) is 1.94. The summed E-state index contributed by atoms with van der Waals surface area (Å²) in [6.45, 7) is 1.80. The Morgan fingerprint density at radius 2 is 2.05 bits per heavy atom. The lowest BCUT2D eigenvalue weighted by molar-refractivity contribution is 0.102. The van der Waals surface area contributed by atoms with Crippen molar-refractivity contribution in [3.05, 3.63) is 58.4 Å². The molecule has 0 aliphatic rings. The Bertz CT molecular complexity index is 623. The molecule has 1 amide bonds. The van der Waals surface area contributed by atoms with Crippen molar-refractivity contribution in [2.24, 2.45) is 0 Å². The number of nitrogens with one attached hydrogen (secondary N) is 1. The van der Waals surface area contributed by atoms with Crippen LogP contribution in [0.1, 0.15) is 15.9 Å². The number of aryl methyl sites for hydroxylation is 1. The van der Waals surface area contributed by atoms with E-state index in [-0.39, 0.29) is 5.56 Å². The van der Waals surface area contributed by atoms with Crippen LogP contribution in [0.15, 0.2) is 36.4 Å². The summed E-state index contributed by atoms with van der Waals surface area (Å²) < 4.78 is 12.9. The number of phenolic OH excluding ortho intramolecular Hbond substituents is 1. The summed E-state index contributed by atoms with van der Waals surface area (Å²) in [5, 5.41) is 12.5. The highest BCUT2D eigenvalue weighted by molar-refractivity contribution is 6.34. The molecule has 2 N–H and O–H groups in total. The van der Waals surface area contributed by atoms with Gasteiger partial charge in [-0.05, 0) is 30.7 Å². The third-order valence-corrected chi connectivity index (χ3v) is 2.98. The van der Waals surface area contributed by atoms with Gasteiger partial charge in [-0.25, -0.2) is 4.39 Å². The van der Waals surface area contributed by atoms with Gasteiger partial charge in [-0.1, -0.05) is 23.7 Å². The molecule has 5 heteroatoms. The molecular weight excluding hydrogens is 269 g/mol. The zero-order chi connectivity index (χ0) is 14.0. The second-order valence-electron chi connectivity index (χ2n) is 4.05. The quantitative estimate of drug-likeness (QED) is 0.880. The van der Waals surface area contributed by atoms with Crippen LogP contribution in [0.2, 0.25) is 5.02 Å². The van der Waals surface area contributed by atoms with E-state index in [1.165, 1.54) is 6.07 Å². The predicted octanol–water partition coefficient (Wildman–Crippen LogP) is 3.75. The van der Waals surface area contributed by atoms with Gasteiger partial charge in [0.2, 0.25) is 0 Å². The van der Waals surface area contributed by atoms with Crippen molar-refractivity contribution in [3.8, 4) is 5.75 Å². The molecule has 0 saturated heterocycles. The molecule has 2 aromatic rings. The Hall–Kier alpha value is -2.07. The molecule has 0 unspecified atom stereocenters. The molecule has 0 bridgehead atoms. The zero-order valence-electron chi connectivity index (χ0n) is 10.1. The summed E-state index contributed by atoms with van der Waals surface area (Å²) in [5.41, 5.74) is 1.25. The van der Waals surface area contributed by atoms with Crippen molar-refractivity contribution in [2.45, 2.75) is 6.92 Å². The number of hydrogen-bond acceptors (Lipinski definition) is 2. The van der Waals surface area contributed by atoms with E-state index in [4.69, 9.17) is 11.6 Å². The van der Waals surface area contributed by atoms with Crippen LogP contribution in [0.4, 0.5) is 10.1 Å². The predicted molar refractivity (Wildman–Crippen MR) is 72.2 cm³/mol. The van der Waals surface area contributed by atoms with Gasteiger partial charge < -0.3 is 10.4 Å². The summed E-state index contributed by atoms with van der Waals surface area (Å²) in [6.07, 6.45) is 0. The molecular formula is C14H11ClFNO2.